The van der Waals surface area contributed by atoms with Crippen LogP contribution >= 0.6 is 0 Å². The number of nitriles is 1. The summed E-state index contributed by atoms with van der Waals surface area (Å²) in [4.78, 5) is 10.7. The minimum absolute atomic E-state index is 0.323. The zero-order chi connectivity index (χ0) is 14.4. The number of carbonyl (C=O) groups is 1. The molecule has 20 heavy (non-hydrogen) atoms. The molecule has 0 radical (unpaired) electrons. The van der Waals surface area contributed by atoms with Crippen LogP contribution in [0.5, 0.6) is 17.2 Å². The second kappa shape index (κ2) is 6.39. The van der Waals surface area contributed by atoms with Crippen molar-refractivity contribution in [1.29, 1.82) is 5.26 Å². The molecule has 100 valence electrons. The first-order valence-corrected chi connectivity index (χ1v) is 6.17. The van der Waals surface area contributed by atoms with E-state index in [1.54, 1.807) is 36.4 Å². The molecule has 2 aromatic rings. The van der Waals surface area contributed by atoms with Gasteiger partial charge in [0.2, 0.25) is 0 Å². The Bertz CT molecular complexity index is 642. The number of hydrogen-bond donors (Lipinski definition) is 0. The Hall–Kier alpha value is -2.80. The number of hydrogen-bond acceptors (Lipinski definition) is 4. The van der Waals surface area contributed by atoms with Crippen LogP contribution in [0.2, 0.25) is 0 Å². The summed E-state index contributed by atoms with van der Waals surface area (Å²) in [5.74, 6) is 1.78. The molecular weight excluding hydrogens is 254 g/mol. The van der Waals surface area contributed by atoms with Crippen LogP contribution < -0.4 is 9.47 Å². The number of nitrogens with zero attached hydrogens (tertiary/aromatic N) is 1. The quantitative estimate of drug-likeness (QED) is 0.777. The molecule has 0 unspecified atom stereocenters. The summed E-state index contributed by atoms with van der Waals surface area (Å²) in [5, 5.41) is 9.06. The minimum Gasteiger partial charge on any atom is -0.494 e. The van der Waals surface area contributed by atoms with Crippen molar-refractivity contribution in [3.8, 4) is 23.3 Å². The highest BCUT2D eigenvalue weighted by Gasteiger charge is 2.06. The van der Waals surface area contributed by atoms with E-state index < -0.39 is 0 Å². The van der Waals surface area contributed by atoms with Crippen LogP contribution in [0.3, 0.4) is 0 Å². The van der Waals surface area contributed by atoms with E-state index in [9.17, 15) is 4.79 Å². The highest BCUT2D eigenvalue weighted by molar-refractivity contribution is 5.76. The SMILES string of the molecule is CCOc1ccc(Oc2ccc(C=O)cc2C#N)cc1. The van der Waals surface area contributed by atoms with E-state index in [1.165, 1.54) is 6.07 Å². The van der Waals surface area contributed by atoms with E-state index in [0.717, 1.165) is 5.75 Å². The number of aldehydes is 1. The monoisotopic (exact) mass is 267 g/mol. The molecule has 0 N–H and O–H groups in total. The Labute approximate surface area is 117 Å². The Morgan fingerprint density at radius 3 is 2.45 bits per heavy atom. The standard InChI is InChI=1S/C16H13NO3/c1-2-19-14-4-6-15(7-5-14)20-16-8-3-12(11-18)9-13(16)10-17/h3-9,11H,2H2,1H3. The fourth-order valence-electron chi connectivity index (χ4n) is 1.69. The van der Waals surface area contributed by atoms with Crippen LogP contribution in [-0.4, -0.2) is 12.9 Å². The molecule has 0 aliphatic heterocycles. The lowest BCUT2D eigenvalue weighted by molar-refractivity contribution is 0.112. The highest BCUT2D eigenvalue weighted by atomic mass is 16.5. The van der Waals surface area contributed by atoms with Crippen LogP contribution in [0.15, 0.2) is 42.5 Å². The van der Waals surface area contributed by atoms with Gasteiger partial charge in [0, 0.05) is 5.56 Å². The molecule has 0 bridgehead atoms. The summed E-state index contributed by atoms with van der Waals surface area (Å²) < 4.78 is 11.0. The van der Waals surface area contributed by atoms with Gasteiger partial charge in [-0.15, -0.1) is 0 Å². The second-order valence-corrected chi connectivity index (χ2v) is 3.99. The fraction of sp³-hybridized carbons (Fsp3) is 0.125. The van der Waals surface area contributed by atoms with Crippen LogP contribution in [0.4, 0.5) is 0 Å². The van der Waals surface area contributed by atoms with Crippen molar-refractivity contribution in [2.24, 2.45) is 0 Å². The molecule has 0 spiro atoms. The smallest absolute Gasteiger partial charge is 0.150 e. The zero-order valence-corrected chi connectivity index (χ0v) is 11.0. The molecule has 0 amide bonds. The normalized spacial score (nSPS) is 9.60. The van der Waals surface area contributed by atoms with Crippen molar-refractivity contribution in [3.63, 3.8) is 0 Å². The van der Waals surface area contributed by atoms with Gasteiger partial charge in [-0.05, 0) is 49.4 Å². The minimum atomic E-state index is 0.323. The van der Waals surface area contributed by atoms with Crippen molar-refractivity contribution in [2.75, 3.05) is 6.61 Å². The summed E-state index contributed by atoms with van der Waals surface area (Å²) in [6, 6.07) is 13.8. The summed E-state index contributed by atoms with van der Waals surface area (Å²) >= 11 is 0. The third-order valence-corrected chi connectivity index (χ3v) is 2.62. The summed E-state index contributed by atoms with van der Waals surface area (Å²) in [6.07, 6.45) is 0.696. The first kappa shape index (κ1) is 13.6. The maximum Gasteiger partial charge on any atom is 0.150 e. The van der Waals surface area contributed by atoms with Gasteiger partial charge >= 0.3 is 0 Å². The number of ether oxygens (including phenoxy) is 2. The summed E-state index contributed by atoms with van der Waals surface area (Å²) in [6.45, 7) is 2.52. The third-order valence-electron chi connectivity index (χ3n) is 2.62. The number of carbonyl (C=O) groups excluding carboxylic acids is 1. The van der Waals surface area contributed by atoms with Crippen LogP contribution in [-0.2, 0) is 0 Å². The third kappa shape index (κ3) is 3.15. The molecule has 0 aliphatic carbocycles. The van der Waals surface area contributed by atoms with Gasteiger partial charge in [-0.1, -0.05) is 0 Å². The van der Waals surface area contributed by atoms with Crippen molar-refractivity contribution >= 4 is 6.29 Å². The Morgan fingerprint density at radius 2 is 1.85 bits per heavy atom. The predicted molar refractivity (Wildman–Crippen MR) is 74.2 cm³/mol. The fourth-order valence-corrected chi connectivity index (χ4v) is 1.69. The molecule has 2 aromatic carbocycles. The lowest BCUT2D eigenvalue weighted by Crippen LogP contribution is -1.92. The summed E-state index contributed by atoms with van der Waals surface area (Å²) in [5.41, 5.74) is 0.768. The molecule has 4 nitrogen and oxygen atoms in total. The Kier molecular flexibility index (Phi) is 4.35. The van der Waals surface area contributed by atoms with E-state index in [2.05, 4.69) is 0 Å². The molecule has 0 saturated heterocycles. The van der Waals surface area contributed by atoms with E-state index in [0.29, 0.717) is 35.5 Å². The molecule has 0 fully saturated rings. The van der Waals surface area contributed by atoms with E-state index in [4.69, 9.17) is 14.7 Å². The van der Waals surface area contributed by atoms with Gasteiger partial charge < -0.3 is 9.47 Å². The average Bonchev–Trinajstić information content (AvgIpc) is 2.50. The molecular formula is C16H13NO3. The molecule has 2 rings (SSSR count). The lowest BCUT2D eigenvalue weighted by Gasteiger charge is -2.09. The van der Waals surface area contributed by atoms with Crippen LogP contribution in [0.25, 0.3) is 0 Å². The van der Waals surface area contributed by atoms with Gasteiger partial charge in [0.05, 0.1) is 12.2 Å². The molecule has 0 saturated carbocycles. The second-order valence-electron chi connectivity index (χ2n) is 3.99. The van der Waals surface area contributed by atoms with Crippen molar-refractivity contribution in [3.05, 3.63) is 53.6 Å². The van der Waals surface area contributed by atoms with Gasteiger partial charge in [-0.2, -0.15) is 5.26 Å². The van der Waals surface area contributed by atoms with Gasteiger partial charge in [-0.25, -0.2) is 0 Å². The Morgan fingerprint density at radius 1 is 1.15 bits per heavy atom. The highest BCUT2D eigenvalue weighted by Crippen LogP contribution is 2.27. The van der Waals surface area contributed by atoms with Crippen molar-refractivity contribution < 1.29 is 14.3 Å². The lowest BCUT2D eigenvalue weighted by atomic mass is 10.1. The molecule has 4 heteroatoms. The molecule has 0 aliphatic rings. The molecule has 0 heterocycles. The maximum absolute atomic E-state index is 10.7. The predicted octanol–water partition coefficient (Wildman–Crippen LogP) is 3.56. The Balaban J connectivity index is 2.21. The summed E-state index contributed by atoms with van der Waals surface area (Å²) in [7, 11) is 0. The van der Waals surface area contributed by atoms with Gasteiger partial charge in [-0.3, -0.25) is 4.79 Å². The van der Waals surface area contributed by atoms with Crippen LogP contribution in [0, 0.1) is 11.3 Å². The van der Waals surface area contributed by atoms with Crippen molar-refractivity contribution in [1.82, 2.24) is 0 Å². The van der Waals surface area contributed by atoms with Gasteiger partial charge in [0.15, 0.2) is 0 Å². The van der Waals surface area contributed by atoms with E-state index in [-0.39, 0.29) is 0 Å². The van der Waals surface area contributed by atoms with E-state index in [1.807, 2.05) is 13.0 Å². The van der Waals surface area contributed by atoms with Gasteiger partial charge in [0.25, 0.3) is 0 Å². The maximum atomic E-state index is 10.7. The average molecular weight is 267 g/mol. The number of benzene rings is 2. The largest absolute Gasteiger partial charge is 0.494 e. The topological polar surface area (TPSA) is 59.3 Å². The first-order chi connectivity index (χ1) is 9.76. The molecule has 0 atom stereocenters. The van der Waals surface area contributed by atoms with Gasteiger partial charge in [0.1, 0.15) is 29.6 Å². The molecule has 0 aromatic heterocycles. The number of rotatable bonds is 5. The van der Waals surface area contributed by atoms with Crippen molar-refractivity contribution in [2.45, 2.75) is 6.92 Å². The first-order valence-electron chi connectivity index (χ1n) is 6.17. The van der Waals surface area contributed by atoms with E-state index >= 15 is 0 Å². The van der Waals surface area contributed by atoms with Crippen LogP contribution in [0.1, 0.15) is 22.8 Å². The zero-order valence-electron chi connectivity index (χ0n) is 11.0.